The van der Waals surface area contributed by atoms with Gasteiger partial charge in [0.1, 0.15) is 0 Å². The second kappa shape index (κ2) is 9.45. The van der Waals surface area contributed by atoms with Crippen LogP contribution in [0.1, 0.15) is 50.9 Å². The zero-order chi connectivity index (χ0) is 36.0. The summed E-state index contributed by atoms with van der Waals surface area (Å²) in [6, 6.07) is 42.1. The molecule has 0 spiro atoms. The molecule has 0 N–H and O–H groups in total. The normalized spacial score (nSPS) is 13.3. The molecule has 6 aromatic heterocycles. The van der Waals surface area contributed by atoms with Crippen molar-refractivity contribution in [3.05, 3.63) is 120 Å². The van der Waals surface area contributed by atoms with E-state index in [1.165, 1.54) is 131 Å². The molecule has 0 aliphatic rings. The van der Waals surface area contributed by atoms with Crippen molar-refractivity contribution in [3.8, 4) is 0 Å². The number of aryl methyl sites for hydroxylation is 2. The SMILES string of the molecule is Cc1c2c3cccc4c5c6c(ccc5n(c2c(C)c2c5cccc7c8c9c(ccc8n(c12)c57)c1ccccc1n9C(C)C)c34)c1ccccc1n6C(C)C. The highest BCUT2D eigenvalue weighted by Gasteiger charge is 2.29. The first-order chi connectivity index (χ1) is 26.4. The fourth-order valence-corrected chi connectivity index (χ4v) is 11.4. The van der Waals surface area contributed by atoms with Gasteiger partial charge in [-0.2, -0.15) is 0 Å². The van der Waals surface area contributed by atoms with Crippen LogP contribution in [-0.2, 0) is 0 Å². The molecule has 0 saturated heterocycles. The van der Waals surface area contributed by atoms with Gasteiger partial charge in [-0.1, -0.05) is 84.9 Å². The second-order valence-electron chi connectivity index (χ2n) is 16.4. The number of fused-ring (bicyclic) bond motifs is 20. The fraction of sp³-hybridized carbons (Fsp3) is 0.160. The second-order valence-corrected chi connectivity index (χ2v) is 16.4. The minimum absolute atomic E-state index is 0.329. The lowest BCUT2D eigenvalue weighted by atomic mass is 9.96. The van der Waals surface area contributed by atoms with Crippen LogP contribution < -0.4 is 0 Å². The van der Waals surface area contributed by atoms with Crippen LogP contribution in [0.15, 0.2) is 109 Å². The van der Waals surface area contributed by atoms with Crippen molar-refractivity contribution in [2.75, 3.05) is 0 Å². The van der Waals surface area contributed by atoms with Gasteiger partial charge in [-0.25, -0.2) is 0 Å². The van der Waals surface area contributed by atoms with Gasteiger partial charge in [0.25, 0.3) is 0 Å². The topological polar surface area (TPSA) is 18.7 Å². The monoisotopic (exact) mass is 694 g/mol. The third kappa shape index (κ3) is 3.03. The summed E-state index contributed by atoms with van der Waals surface area (Å²) in [6.07, 6.45) is 0. The summed E-state index contributed by atoms with van der Waals surface area (Å²) in [7, 11) is 0. The summed E-state index contributed by atoms with van der Waals surface area (Å²) in [5.74, 6) is 0. The van der Waals surface area contributed by atoms with Crippen LogP contribution in [0.4, 0.5) is 0 Å². The Morgan fingerprint density at radius 1 is 0.315 bits per heavy atom. The number of hydrogen-bond acceptors (Lipinski definition) is 0. The van der Waals surface area contributed by atoms with E-state index in [9.17, 15) is 0 Å². The first kappa shape index (κ1) is 29.2. The molecule has 54 heavy (non-hydrogen) atoms. The highest BCUT2D eigenvalue weighted by molar-refractivity contribution is 6.35. The van der Waals surface area contributed by atoms with Crippen molar-refractivity contribution >= 4 is 120 Å². The highest BCUT2D eigenvalue weighted by atomic mass is 15.0. The molecule has 0 unspecified atom stereocenters. The predicted octanol–water partition coefficient (Wildman–Crippen LogP) is 14.0. The molecular formula is C50H38N4. The molecular weight excluding hydrogens is 657 g/mol. The Labute approximate surface area is 310 Å². The average molecular weight is 695 g/mol. The van der Waals surface area contributed by atoms with E-state index in [-0.39, 0.29) is 0 Å². The molecule has 258 valence electrons. The maximum absolute atomic E-state index is 2.62. The Kier molecular flexibility index (Phi) is 5.11. The molecule has 0 fully saturated rings. The summed E-state index contributed by atoms with van der Waals surface area (Å²) in [5, 5.41) is 16.2. The van der Waals surface area contributed by atoms with Crippen molar-refractivity contribution in [2.24, 2.45) is 0 Å². The number of rotatable bonds is 2. The molecule has 13 aromatic rings. The summed E-state index contributed by atoms with van der Waals surface area (Å²) in [4.78, 5) is 0. The largest absolute Gasteiger partial charge is 0.337 e. The lowest BCUT2D eigenvalue weighted by Crippen LogP contribution is -2.00. The molecule has 0 aliphatic heterocycles. The van der Waals surface area contributed by atoms with Gasteiger partial charge in [-0.05, 0) is 76.9 Å². The molecule has 0 amide bonds. The van der Waals surface area contributed by atoms with E-state index in [1.807, 2.05) is 0 Å². The number of nitrogens with zero attached hydrogens (tertiary/aromatic N) is 4. The summed E-state index contributed by atoms with van der Waals surface area (Å²) in [6.45, 7) is 14.0. The van der Waals surface area contributed by atoms with Crippen LogP contribution in [0.5, 0.6) is 0 Å². The van der Waals surface area contributed by atoms with E-state index >= 15 is 0 Å². The Hall–Kier alpha value is -6.26. The van der Waals surface area contributed by atoms with Crippen LogP contribution >= 0.6 is 0 Å². The number of aromatic nitrogens is 4. The molecule has 0 atom stereocenters. The predicted molar refractivity (Wildman–Crippen MR) is 232 cm³/mol. The van der Waals surface area contributed by atoms with Crippen LogP contribution in [0.25, 0.3) is 120 Å². The van der Waals surface area contributed by atoms with E-state index in [1.54, 1.807) is 0 Å². The number of hydrogen-bond donors (Lipinski definition) is 0. The molecule has 4 heteroatoms. The van der Waals surface area contributed by atoms with Gasteiger partial charge in [0.05, 0.1) is 44.1 Å². The van der Waals surface area contributed by atoms with Gasteiger partial charge >= 0.3 is 0 Å². The number of para-hydroxylation sites is 4. The first-order valence-electron chi connectivity index (χ1n) is 19.5. The molecule has 0 saturated carbocycles. The molecule has 7 aromatic carbocycles. The minimum atomic E-state index is 0.329. The lowest BCUT2D eigenvalue weighted by molar-refractivity contribution is 0.643. The smallest absolute Gasteiger partial charge is 0.0621 e. The van der Waals surface area contributed by atoms with Gasteiger partial charge in [0.15, 0.2) is 0 Å². The number of benzene rings is 7. The van der Waals surface area contributed by atoms with Crippen molar-refractivity contribution in [2.45, 2.75) is 53.6 Å². The molecule has 13 rings (SSSR count). The van der Waals surface area contributed by atoms with Gasteiger partial charge < -0.3 is 17.9 Å². The van der Waals surface area contributed by atoms with E-state index in [0.29, 0.717) is 12.1 Å². The standard InChI is InChI=1S/C50H38N4/c1-25(2)51-37-19-9-7-13-29(37)31-21-23-39-43(49(31)51)35-17-11-15-33-41-28(6)46-42(27(5)45(41)53(39)47(33)35)34-16-12-18-36-44-40(54(46)48(34)36)24-22-32-30-14-8-10-20-38(30)52(26(3)4)50(32)44/h7-26H,1-6H3. The van der Waals surface area contributed by atoms with E-state index in [0.717, 1.165) is 0 Å². The average Bonchev–Trinajstić information content (AvgIpc) is 4.00. The molecule has 0 aliphatic carbocycles. The highest BCUT2D eigenvalue weighted by Crippen LogP contribution is 2.51. The third-order valence-corrected chi connectivity index (χ3v) is 13.2. The quantitative estimate of drug-likeness (QED) is 0.172. The Bertz CT molecular complexity index is 3550. The first-order valence-corrected chi connectivity index (χ1v) is 19.5. The van der Waals surface area contributed by atoms with Crippen LogP contribution in [0, 0.1) is 13.8 Å². The van der Waals surface area contributed by atoms with Gasteiger partial charge in [0.2, 0.25) is 0 Å². The van der Waals surface area contributed by atoms with E-state index < -0.39 is 0 Å². The Morgan fingerprint density at radius 3 is 1.09 bits per heavy atom. The Morgan fingerprint density at radius 2 is 0.685 bits per heavy atom. The van der Waals surface area contributed by atoms with E-state index in [2.05, 4.69) is 169 Å². The van der Waals surface area contributed by atoms with Crippen LogP contribution in [0.3, 0.4) is 0 Å². The van der Waals surface area contributed by atoms with Gasteiger partial charge in [0, 0.05) is 87.8 Å². The molecule has 4 nitrogen and oxygen atoms in total. The Balaban J connectivity index is 1.26. The molecule has 6 heterocycles. The van der Waals surface area contributed by atoms with Crippen molar-refractivity contribution in [3.63, 3.8) is 0 Å². The van der Waals surface area contributed by atoms with Crippen LogP contribution in [0.2, 0.25) is 0 Å². The van der Waals surface area contributed by atoms with Crippen molar-refractivity contribution in [1.82, 2.24) is 17.9 Å². The fourth-order valence-electron chi connectivity index (χ4n) is 11.4. The summed E-state index contributed by atoms with van der Waals surface area (Å²) < 4.78 is 10.4. The zero-order valence-corrected chi connectivity index (χ0v) is 31.3. The van der Waals surface area contributed by atoms with Gasteiger partial charge in [-0.15, -0.1) is 0 Å². The zero-order valence-electron chi connectivity index (χ0n) is 31.3. The van der Waals surface area contributed by atoms with Crippen molar-refractivity contribution < 1.29 is 0 Å². The van der Waals surface area contributed by atoms with Gasteiger partial charge in [-0.3, -0.25) is 0 Å². The molecule has 0 radical (unpaired) electrons. The molecule has 0 bridgehead atoms. The lowest BCUT2D eigenvalue weighted by Gasteiger charge is -2.13. The summed E-state index contributed by atoms with van der Waals surface area (Å²) in [5.41, 5.74) is 16.0. The third-order valence-electron chi connectivity index (χ3n) is 13.2. The van der Waals surface area contributed by atoms with Crippen molar-refractivity contribution in [1.29, 1.82) is 0 Å². The minimum Gasteiger partial charge on any atom is -0.337 e. The van der Waals surface area contributed by atoms with E-state index in [4.69, 9.17) is 0 Å². The maximum Gasteiger partial charge on any atom is 0.0621 e. The van der Waals surface area contributed by atoms with Crippen LogP contribution in [-0.4, -0.2) is 17.9 Å². The maximum atomic E-state index is 2.62. The summed E-state index contributed by atoms with van der Waals surface area (Å²) >= 11 is 0.